The molecule has 0 aliphatic carbocycles. The number of ether oxygens (including phenoxy) is 1. The standard InChI is InChI=1S/C24H22ClN3O4S/c1-3-32-24(31)21-20(15-9-5-6-10-17(15)25)16(12-26)23(28-22(21)30)33-13-19(29)27-18-11-7-4-8-14(18)2/h4-11,20-21H,3,13H2,1-2H3,(H,27,29)(H,28,30)/t20-,21-/m0/s1. The number of amides is 2. The van der Waals surface area contributed by atoms with E-state index in [4.69, 9.17) is 16.3 Å². The van der Waals surface area contributed by atoms with Crippen LogP contribution in [-0.2, 0) is 19.1 Å². The average molecular weight is 484 g/mol. The molecule has 9 heteroatoms. The Balaban J connectivity index is 1.92. The summed E-state index contributed by atoms with van der Waals surface area (Å²) in [6.07, 6.45) is 0. The van der Waals surface area contributed by atoms with Gasteiger partial charge in [-0.25, -0.2) is 0 Å². The minimum Gasteiger partial charge on any atom is -0.465 e. The number of para-hydroxylation sites is 1. The van der Waals surface area contributed by atoms with E-state index in [9.17, 15) is 19.6 Å². The largest absolute Gasteiger partial charge is 0.465 e. The minimum absolute atomic E-state index is 0.0472. The fourth-order valence-electron chi connectivity index (χ4n) is 3.53. The van der Waals surface area contributed by atoms with Gasteiger partial charge in [-0.3, -0.25) is 14.4 Å². The predicted molar refractivity (Wildman–Crippen MR) is 127 cm³/mol. The van der Waals surface area contributed by atoms with Gasteiger partial charge < -0.3 is 15.4 Å². The van der Waals surface area contributed by atoms with E-state index in [0.717, 1.165) is 17.3 Å². The third-order valence-electron chi connectivity index (χ3n) is 5.08. The van der Waals surface area contributed by atoms with Crippen LogP contribution < -0.4 is 10.6 Å². The lowest BCUT2D eigenvalue weighted by Gasteiger charge is -2.31. The van der Waals surface area contributed by atoms with Crippen LogP contribution in [0.1, 0.15) is 24.0 Å². The van der Waals surface area contributed by atoms with Crippen LogP contribution in [0.2, 0.25) is 5.02 Å². The van der Waals surface area contributed by atoms with Crippen LogP contribution in [0.5, 0.6) is 0 Å². The second-order valence-electron chi connectivity index (χ2n) is 7.22. The number of benzene rings is 2. The number of thioether (sulfide) groups is 1. The van der Waals surface area contributed by atoms with Crippen molar-refractivity contribution in [2.24, 2.45) is 5.92 Å². The van der Waals surface area contributed by atoms with Gasteiger partial charge in [0.05, 0.1) is 29.0 Å². The van der Waals surface area contributed by atoms with Gasteiger partial charge in [-0.15, -0.1) is 0 Å². The van der Waals surface area contributed by atoms with Crippen molar-refractivity contribution in [2.45, 2.75) is 19.8 Å². The van der Waals surface area contributed by atoms with Crippen molar-refractivity contribution in [3.63, 3.8) is 0 Å². The first kappa shape index (κ1) is 24.4. The fourth-order valence-corrected chi connectivity index (χ4v) is 4.63. The Morgan fingerprint density at radius 3 is 2.58 bits per heavy atom. The number of aryl methyl sites for hydroxylation is 1. The van der Waals surface area contributed by atoms with Crippen molar-refractivity contribution in [1.29, 1.82) is 5.26 Å². The zero-order valence-electron chi connectivity index (χ0n) is 18.1. The van der Waals surface area contributed by atoms with Crippen molar-refractivity contribution >= 4 is 46.8 Å². The molecule has 170 valence electrons. The van der Waals surface area contributed by atoms with Crippen molar-refractivity contribution in [2.75, 3.05) is 17.7 Å². The SMILES string of the molecule is CCOC(=O)[C@@H]1C(=O)NC(SCC(=O)Nc2ccccc2C)=C(C#N)[C@@H]1c1ccccc1Cl. The van der Waals surface area contributed by atoms with Crippen LogP contribution >= 0.6 is 23.4 Å². The Kier molecular flexibility index (Phi) is 8.15. The lowest BCUT2D eigenvalue weighted by molar-refractivity contribution is -0.152. The molecule has 0 saturated heterocycles. The molecule has 2 atom stereocenters. The summed E-state index contributed by atoms with van der Waals surface area (Å²) < 4.78 is 5.10. The van der Waals surface area contributed by atoms with Gasteiger partial charge in [-0.05, 0) is 37.1 Å². The molecule has 0 aromatic heterocycles. The van der Waals surface area contributed by atoms with E-state index in [-0.39, 0.29) is 28.9 Å². The molecule has 1 heterocycles. The van der Waals surface area contributed by atoms with Gasteiger partial charge in [0.1, 0.15) is 5.92 Å². The van der Waals surface area contributed by atoms with Gasteiger partial charge in [0.25, 0.3) is 0 Å². The van der Waals surface area contributed by atoms with E-state index in [1.54, 1.807) is 37.3 Å². The number of anilines is 1. The number of carbonyl (C=O) groups excluding carboxylic acids is 3. The van der Waals surface area contributed by atoms with Crippen LogP contribution in [0.15, 0.2) is 59.1 Å². The molecule has 0 bridgehead atoms. The smallest absolute Gasteiger partial charge is 0.319 e. The maximum Gasteiger partial charge on any atom is 0.319 e. The first-order chi connectivity index (χ1) is 15.9. The molecular formula is C24H22ClN3O4S. The maximum absolute atomic E-state index is 12.9. The van der Waals surface area contributed by atoms with Gasteiger partial charge in [0.15, 0.2) is 0 Å². The van der Waals surface area contributed by atoms with E-state index < -0.39 is 23.7 Å². The van der Waals surface area contributed by atoms with Crippen LogP contribution in [0.3, 0.4) is 0 Å². The highest BCUT2D eigenvalue weighted by atomic mass is 35.5. The normalized spacial score (nSPS) is 17.7. The second kappa shape index (κ2) is 11.0. The quantitative estimate of drug-likeness (QED) is 0.452. The molecule has 0 unspecified atom stereocenters. The Morgan fingerprint density at radius 2 is 1.91 bits per heavy atom. The number of nitrogens with one attached hydrogen (secondary N) is 2. The number of nitriles is 1. The highest BCUT2D eigenvalue weighted by Crippen LogP contribution is 2.42. The number of esters is 1. The third-order valence-corrected chi connectivity index (χ3v) is 6.44. The fraction of sp³-hybridized carbons (Fsp3) is 0.250. The number of hydrogen-bond acceptors (Lipinski definition) is 6. The number of allylic oxidation sites excluding steroid dienone is 1. The van der Waals surface area contributed by atoms with Gasteiger partial charge in [-0.1, -0.05) is 59.8 Å². The van der Waals surface area contributed by atoms with Crippen molar-refractivity contribution in [3.8, 4) is 6.07 Å². The molecule has 2 amide bonds. The summed E-state index contributed by atoms with van der Waals surface area (Å²) in [7, 11) is 0. The zero-order valence-corrected chi connectivity index (χ0v) is 19.6. The molecule has 1 aliphatic heterocycles. The van der Waals surface area contributed by atoms with Crippen LogP contribution in [0.4, 0.5) is 5.69 Å². The van der Waals surface area contributed by atoms with E-state index in [1.165, 1.54) is 0 Å². The summed E-state index contributed by atoms with van der Waals surface area (Å²) >= 11 is 7.38. The number of rotatable bonds is 7. The summed E-state index contributed by atoms with van der Waals surface area (Å²) in [5, 5.41) is 15.9. The van der Waals surface area contributed by atoms with E-state index in [2.05, 4.69) is 16.7 Å². The molecule has 7 nitrogen and oxygen atoms in total. The Labute approximate surface area is 201 Å². The van der Waals surface area contributed by atoms with Gasteiger partial charge >= 0.3 is 5.97 Å². The van der Waals surface area contributed by atoms with E-state index >= 15 is 0 Å². The molecule has 2 aromatic rings. The third kappa shape index (κ3) is 5.56. The summed E-state index contributed by atoms with van der Waals surface area (Å²) in [4.78, 5) is 38.1. The van der Waals surface area contributed by atoms with Gasteiger partial charge in [0.2, 0.25) is 11.8 Å². The molecule has 3 rings (SSSR count). The molecule has 2 N–H and O–H groups in total. The Morgan fingerprint density at radius 1 is 1.21 bits per heavy atom. The molecule has 0 spiro atoms. The number of halogens is 1. The lowest BCUT2D eigenvalue weighted by atomic mass is 9.78. The Hall–Kier alpha value is -3.28. The summed E-state index contributed by atoms with van der Waals surface area (Å²) in [5.74, 6) is -3.90. The van der Waals surface area contributed by atoms with E-state index in [1.807, 2.05) is 25.1 Å². The molecule has 0 fully saturated rings. The van der Waals surface area contributed by atoms with Crippen molar-refractivity contribution in [3.05, 3.63) is 75.3 Å². The highest BCUT2D eigenvalue weighted by molar-refractivity contribution is 8.03. The first-order valence-corrected chi connectivity index (χ1v) is 11.6. The second-order valence-corrected chi connectivity index (χ2v) is 8.62. The maximum atomic E-state index is 12.9. The first-order valence-electron chi connectivity index (χ1n) is 10.2. The van der Waals surface area contributed by atoms with Crippen molar-refractivity contribution in [1.82, 2.24) is 5.32 Å². The van der Waals surface area contributed by atoms with E-state index in [0.29, 0.717) is 16.3 Å². The van der Waals surface area contributed by atoms with Crippen LogP contribution in [-0.4, -0.2) is 30.1 Å². The minimum atomic E-state index is -1.27. The molecule has 1 aliphatic rings. The number of carbonyl (C=O) groups is 3. The monoisotopic (exact) mass is 483 g/mol. The number of nitrogens with zero attached hydrogens (tertiary/aromatic N) is 1. The summed E-state index contributed by atoms with van der Waals surface area (Å²) in [5.41, 5.74) is 2.21. The molecule has 0 saturated carbocycles. The topological polar surface area (TPSA) is 108 Å². The lowest BCUT2D eigenvalue weighted by Crippen LogP contribution is -2.44. The van der Waals surface area contributed by atoms with Crippen molar-refractivity contribution < 1.29 is 19.1 Å². The van der Waals surface area contributed by atoms with Gasteiger partial charge in [0, 0.05) is 16.6 Å². The molecule has 2 aromatic carbocycles. The molecule has 33 heavy (non-hydrogen) atoms. The average Bonchev–Trinajstić information content (AvgIpc) is 2.79. The highest BCUT2D eigenvalue weighted by Gasteiger charge is 2.45. The predicted octanol–water partition coefficient (Wildman–Crippen LogP) is 4.15. The number of hydrogen-bond donors (Lipinski definition) is 2. The van der Waals surface area contributed by atoms with Crippen LogP contribution in [0, 0.1) is 24.2 Å². The zero-order chi connectivity index (χ0) is 24.0. The Bertz CT molecular complexity index is 1160. The summed E-state index contributed by atoms with van der Waals surface area (Å²) in [6.45, 7) is 3.60. The summed E-state index contributed by atoms with van der Waals surface area (Å²) in [6, 6.07) is 16.2. The van der Waals surface area contributed by atoms with Crippen LogP contribution in [0.25, 0.3) is 0 Å². The molecule has 0 radical (unpaired) electrons. The van der Waals surface area contributed by atoms with Gasteiger partial charge in [-0.2, -0.15) is 5.26 Å². The molecular weight excluding hydrogens is 462 g/mol.